The molecule has 2 aromatic carbocycles. The van der Waals surface area contributed by atoms with Crippen LogP contribution in [0.3, 0.4) is 0 Å². The summed E-state index contributed by atoms with van der Waals surface area (Å²) in [6, 6.07) is 17.0. The van der Waals surface area contributed by atoms with Crippen LogP contribution >= 0.6 is 11.3 Å². The molecular formula is C21H17N3O2S. The fourth-order valence-corrected chi connectivity index (χ4v) is 4.11. The number of thiophene rings is 1. The highest BCUT2D eigenvalue weighted by Crippen LogP contribution is 2.29. The number of rotatable bonds is 3. The number of carbonyl (C=O) groups is 1. The molecular weight excluding hydrogens is 358 g/mol. The van der Waals surface area contributed by atoms with Crippen LogP contribution in [0.15, 0.2) is 59.4 Å². The average molecular weight is 375 g/mol. The van der Waals surface area contributed by atoms with E-state index < -0.39 is 0 Å². The Balaban J connectivity index is 1.80. The summed E-state index contributed by atoms with van der Waals surface area (Å²) in [5.41, 5.74) is 3.02. The summed E-state index contributed by atoms with van der Waals surface area (Å²) >= 11 is 1.24. The molecule has 1 amide bonds. The van der Waals surface area contributed by atoms with E-state index in [1.165, 1.54) is 11.3 Å². The lowest BCUT2D eigenvalue weighted by Gasteiger charge is -2.04. The zero-order valence-electron chi connectivity index (χ0n) is 14.9. The minimum absolute atomic E-state index is 0.231. The van der Waals surface area contributed by atoms with E-state index >= 15 is 0 Å². The molecule has 6 heteroatoms. The number of benzene rings is 2. The van der Waals surface area contributed by atoms with Crippen LogP contribution in [-0.4, -0.2) is 15.9 Å². The van der Waals surface area contributed by atoms with Gasteiger partial charge in [-0.2, -0.15) is 0 Å². The van der Waals surface area contributed by atoms with Crippen LogP contribution in [-0.2, 0) is 0 Å². The molecule has 0 aliphatic rings. The summed E-state index contributed by atoms with van der Waals surface area (Å²) in [5, 5.41) is 3.33. The van der Waals surface area contributed by atoms with Gasteiger partial charge in [0.05, 0.1) is 10.3 Å². The summed E-state index contributed by atoms with van der Waals surface area (Å²) < 4.78 is 0. The third kappa shape index (κ3) is 3.15. The number of para-hydroxylation sites is 1. The first-order valence-electron chi connectivity index (χ1n) is 8.50. The fraction of sp³-hybridized carbons (Fsp3) is 0.0952. The number of nitrogens with one attached hydrogen (secondary N) is 2. The largest absolute Gasteiger partial charge is 0.321 e. The number of aromatic nitrogens is 2. The molecule has 0 saturated carbocycles. The summed E-state index contributed by atoms with van der Waals surface area (Å²) in [7, 11) is 0. The molecule has 0 atom stereocenters. The smallest absolute Gasteiger partial charge is 0.266 e. The average Bonchev–Trinajstić information content (AvgIpc) is 3.00. The van der Waals surface area contributed by atoms with Crippen molar-refractivity contribution in [2.75, 3.05) is 5.32 Å². The topological polar surface area (TPSA) is 74.8 Å². The van der Waals surface area contributed by atoms with Crippen LogP contribution < -0.4 is 10.9 Å². The van der Waals surface area contributed by atoms with Gasteiger partial charge in [0.25, 0.3) is 11.5 Å². The van der Waals surface area contributed by atoms with E-state index in [0.29, 0.717) is 32.2 Å². The second-order valence-corrected chi connectivity index (χ2v) is 7.29. The quantitative estimate of drug-likeness (QED) is 0.553. The Morgan fingerprint density at radius 3 is 2.48 bits per heavy atom. The van der Waals surface area contributed by atoms with Crippen molar-refractivity contribution in [2.45, 2.75) is 13.8 Å². The van der Waals surface area contributed by atoms with Gasteiger partial charge in [-0.3, -0.25) is 9.59 Å². The van der Waals surface area contributed by atoms with Crippen LogP contribution in [0.1, 0.15) is 20.8 Å². The van der Waals surface area contributed by atoms with E-state index in [1.807, 2.05) is 61.5 Å². The van der Waals surface area contributed by atoms with E-state index in [-0.39, 0.29) is 11.5 Å². The Labute approximate surface area is 159 Å². The Morgan fingerprint density at radius 1 is 1.04 bits per heavy atom. The van der Waals surface area contributed by atoms with E-state index in [4.69, 9.17) is 0 Å². The summed E-state index contributed by atoms with van der Waals surface area (Å²) in [4.78, 5) is 33.9. The van der Waals surface area contributed by atoms with Gasteiger partial charge in [0.1, 0.15) is 10.7 Å². The van der Waals surface area contributed by atoms with Crippen molar-refractivity contribution in [1.82, 2.24) is 9.97 Å². The van der Waals surface area contributed by atoms with Crippen molar-refractivity contribution >= 4 is 33.1 Å². The van der Waals surface area contributed by atoms with Gasteiger partial charge in [0.15, 0.2) is 0 Å². The number of nitrogens with zero attached hydrogens (tertiary/aromatic N) is 1. The molecule has 0 bridgehead atoms. The fourth-order valence-electron chi connectivity index (χ4n) is 3.04. The number of aryl methyl sites for hydroxylation is 2. The van der Waals surface area contributed by atoms with E-state index in [0.717, 1.165) is 11.1 Å². The van der Waals surface area contributed by atoms with Crippen LogP contribution in [0.4, 0.5) is 5.69 Å². The van der Waals surface area contributed by atoms with Crippen molar-refractivity contribution in [3.8, 4) is 11.4 Å². The summed E-state index contributed by atoms with van der Waals surface area (Å²) in [6.07, 6.45) is 0. The first-order chi connectivity index (χ1) is 13.0. The van der Waals surface area contributed by atoms with Crippen LogP contribution in [0.5, 0.6) is 0 Å². The normalized spacial score (nSPS) is 10.9. The first kappa shape index (κ1) is 17.2. The van der Waals surface area contributed by atoms with Gasteiger partial charge in [-0.15, -0.1) is 11.3 Å². The molecule has 0 saturated heterocycles. The highest BCUT2D eigenvalue weighted by atomic mass is 32.1. The zero-order valence-corrected chi connectivity index (χ0v) is 15.7. The standard InChI is InChI=1S/C21H17N3O2S/c1-12-8-6-7-11-15(12)18-23-19(25)16-13(2)17(27-21(16)24-18)20(26)22-14-9-4-3-5-10-14/h3-11H,1-2H3,(H,22,26)(H,23,24,25). The monoisotopic (exact) mass is 375 g/mol. The molecule has 4 aromatic rings. The van der Waals surface area contributed by atoms with E-state index in [1.54, 1.807) is 6.92 Å². The number of H-pyrrole nitrogens is 1. The number of hydrogen-bond donors (Lipinski definition) is 2. The Morgan fingerprint density at radius 2 is 1.74 bits per heavy atom. The number of hydrogen-bond acceptors (Lipinski definition) is 4. The van der Waals surface area contributed by atoms with Crippen LogP contribution in [0.2, 0.25) is 0 Å². The van der Waals surface area contributed by atoms with Gasteiger partial charge in [-0.05, 0) is 37.1 Å². The van der Waals surface area contributed by atoms with E-state index in [9.17, 15) is 9.59 Å². The molecule has 0 fully saturated rings. The number of fused-ring (bicyclic) bond motifs is 1. The number of anilines is 1. The molecule has 0 aliphatic heterocycles. The number of aromatic amines is 1. The van der Waals surface area contributed by atoms with Gasteiger partial charge in [0, 0.05) is 11.3 Å². The third-order valence-electron chi connectivity index (χ3n) is 4.44. The van der Waals surface area contributed by atoms with Crippen molar-refractivity contribution < 1.29 is 4.79 Å². The van der Waals surface area contributed by atoms with Gasteiger partial charge in [-0.1, -0.05) is 42.5 Å². The molecule has 2 aromatic heterocycles. The van der Waals surface area contributed by atoms with Crippen molar-refractivity contribution in [3.05, 3.63) is 81.0 Å². The molecule has 2 N–H and O–H groups in total. The van der Waals surface area contributed by atoms with Crippen LogP contribution in [0, 0.1) is 13.8 Å². The number of amides is 1. The highest BCUT2D eigenvalue weighted by molar-refractivity contribution is 7.20. The maximum absolute atomic E-state index is 12.7. The van der Waals surface area contributed by atoms with Gasteiger partial charge in [0.2, 0.25) is 0 Å². The summed E-state index contributed by atoms with van der Waals surface area (Å²) in [5.74, 6) is 0.278. The second kappa shape index (κ2) is 6.81. The Bertz CT molecular complexity index is 1210. The van der Waals surface area contributed by atoms with Crippen molar-refractivity contribution in [2.24, 2.45) is 0 Å². The minimum Gasteiger partial charge on any atom is -0.321 e. The predicted molar refractivity (Wildman–Crippen MR) is 110 cm³/mol. The predicted octanol–water partition coefficient (Wildman–Crippen LogP) is 4.52. The lowest BCUT2D eigenvalue weighted by Crippen LogP contribution is -2.12. The molecule has 0 aliphatic carbocycles. The minimum atomic E-state index is -0.237. The molecule has 27 heavy (non-hydrogen) atoms. The Hall–Kier alpha value is -3.25. The molecule has 5 nitrogen and oxygen atoms in total. The molecule has 0 spiro atoms. The maximum atomic E-state index is 12.7. The molecule has 134 valence electrons. The van der Waals surface area contributed by atoms with Gasteiger partial charge >= 0.3 is 0 Å². The molecule has 4 rings (SSSR count). The highest BCUT2D eigenvalue weighted by Gasteiger charge is 2.20. The van der Waals surface area contributed by atoms with E-state index in [2.05, 4.69) is 15.3 Å². The van der Waals surface area contributed by atoms with Crippen molar-refractivity contribution in [1.29, 1.82) is 0 Å². The van der Waals surface area contributed by atoms with Crippen LogP contribution in [0.25, 0.3) is 21.6 Å². The zero-order chi connectivity index (χ0) is 19.0. The lowest BCUT2D eigenvalue weighted by molar-refractivity contribution is 0.103. The Kier molecular flexibility index (Phi) is 4.33. The van der Waals surface area contributed by atoms with Gasteiger partial charge in [-0.25, -0.2) is 4.98 Å². The lowest BCUT2D eigenvalue weighted by atomic mass is 10.1. The SMILES string of the molecule is Cc1ccccc1-c1nc2sc(C(=O)Nc3ccccc3)c(C)c2c(=O)[nH]1. The van der Waals surface area contributed by atoms with Crippen molar-refractivity contribution in [3.63, 3.8) is 0 Å². The third-order valence-corrected chi connectivity index (χ3v) is 5.62. The second-order valence-electron chi connectivity index (χ2n) is 6.29. The molecule has 0 radical (unpaired) electrons. The number of carbonyl (C=O) groups excluding carboxylic acids is 1. The molecule has 0 unspecified atom stereocenters. The maximum Gasteiger partial charge on any atom is 0.266 e. The summed E-state index contributed by atoms with van der Waals surface area (Å²) in [6.45, 7) is 3.75. The van der Waals surface area contributed by atoms with Gasteiger partial charge < -0.3 is 10.3 Å². The molecule has 2 heterocycles. The first-order valence-corrected chi connectivity index (χ1v) is 9.32.